The third-order valence-corrected chi connectivity index (χ3v) is 10.3. The van der Waals surface area contributed by atoms with Crippen LogP contribution in [0.2, 0.25) is 0 Å². The van der Waals surface area contributed by atoms with Crippen LogP contribution in [0.15, 0.2) is 96.2 Å². The minimum absolute atomic E-state index is 0.0140. The highest BCUT2D eigenvalue weighted by Gasteiger charge is 2.29. The van der Waals surface area contributed by atoms with Crippen molar-refractivity contribution in [2.24, 2.45) is 0 Å². The van der Waals surface area contributed by atoms with Gasteiger partial charge in [-0.3, -0.25) is 24.3 Å². The summed E-state index contributed by atoms with van der Waals surface area (Å²) in [5.74, 6) is 8.39. The number of nitrogens with one attached hydrogen (secondary N) is 2. The molecule has 2 aliphatic rings. The van der Waals surface area contributed by atoms with E-state index in [1.165, 1.54) is 27.0 Å². The summed E-state index contributed by atoms with van der Waals surface area (Å²) in [4.78, 5) is 53.6. The normalized spacial score (nSPS) is 14.8. The van der Waals surface area contributed by atoms with Gasteiger partial charge in [0.05, 0.1) is 18.7 Å². The maximum absolute atomic E-state index is 12.5. The van der Waals surface area contributed by atoms with Crippen molar-refractivity contribution in [3.8, 4) is 23.2 Å². The van der Waals surface area contributed by atoms with Gasteiger partial charge in [-0.2, -0.15) is 0 Å². The monoisotopic (exact) mass is 795 g/mol. The molecular formula is C46H49N7O6. The zero-order chi connectivity index (χ0) is 40.8. The molecule has 13 heteroatoms. The van der Waals surface area contributed by atoms with Gasteiger partial charge in [0.15, 0.2) is 5.82 Å². The molecule has 1 saturated heterocycles. The second kappa shape index (κ2) is 20.4. The highest BCUT2D eigenvalue weighted by molar-refractivity contribution is 5.98. The van der Waals surface area contributed by atoms with Crippen molar-refractivity contribution in [3.63, 3.8) is 0 Å². The molecule has 0 radical (unpaired) electrons. The van der Waals surface area contributed by atoms with Crippen molar-refractivity contribution in [2.75, 3.05) is 62.8 Å². The van der Waals surface area contributed by atoms with Crippen molar-refractivity contribution in [3.05, 3.63) is 114 Å². The van der Waals surface area contributed by atoms with Crippen LogP contribution < -0.4 is 15.5 Å². The van der Waals surface area contributed by atoms with Crippen LogP contribution in [0.5, 0.6) is 0 Å². The molecule has 1 atom stereocenters. The lowest BCUT2D eigenvalue weighted by molar-refractivity contribution is -0.133. The summed E-state index contributed by atoms with van der Waals surface area (Å²) in [5.41, 5.74) is 5.37. The number of benzene rings is 2. The molecule has 2 N–H and O–H groups in total. The SMILES string of the molecule is C=CC(=O)N1CCN(c2ccc(CCC(=O)NCCCCCOCCOCC#Cc3ccc4c(c3)CC(Nc3nc(-c5cccnc5)nc5ccccc35)C4)o2)C(=O)C1. The number of ether oxygens (including phenoxy) is 2. The fraction of sp³-hybridized carbons (Fsp3) is 0.348. The Bertz CT molecular complexity index is 2320. The first-order valence-electron chi connectivity index (χ1n) is 20.2. The Morgan fingerprint density at radius 2 is 1.83 bits per heavy atom. The summed E-state index contributed by atoms with van der Waals surface area (Å²) < 4.78 is 17.2. The molecule has 0 spiro atoms. The van der Waals surface area contributed by atoms with E-state index in [1.54, 1.807) is 24.5 Å². The molecular weight excluding hydrogens is 747 g/mol. The second-order valence-corrected chi connectivity index (χ2v) is 14.5. The minimum atomic E-state index is -0.264. The van der Waals surface area contributed by atoms with E-state index in [-0.39, 0.29) is 30.3 Å². The molecule has 1 aliphatic heterocycles. The Labute approximate surface area is 344 Å². The molecule has 1 fully saturated rings. The van der Waals surface area contributed by atoms with Gasteiger partial charge in [-0.15, -0.1) is 0 Å². The van der Waals surface area contributed by atoms with Crippen LogP contribution in [0.25, 0.3) is 22.3 Å². The maximum atomic E-state index is 12.5. The number of aromatic nitrogens is 3. The summed E-state index contributed by atoms with van der Waals surface area (Å²) in [6, 6.07) is 22.1. The number of carbonyl (C=O) groups excluding carboxylic acids is 3. The Hall–Kier alpha value is -6.36. The highest BCUT2D eigenvalue weighted by atomic mass is 16.5. The number of piperazine rings is 1. The first kappa shape index (κ1) is 40.8. The molecule has 3 aromatic heterocycles. The van der Waals surface area contributed by atoms with Crippen LogP contribution in [-0.2, 0) is 43.1 Å². The molecule has 3 amide bonds. The molecule has 13 nitrogen and oxygen atoms in total. The number of furan rings is 1. The number of hydrogen-bond donors (Lipinski definition) is 2. The van der Waals surface area contributed by atoms with Crippen molar-refractivity contribution < 1.29 is 28.3 Å². The minimum Gasteiger partial charge on any atom is -0.445 e. The molecule has 0 saturated carbocycles. The van der Waals surface area contributed by atoms with Gasteiger partial charge in [0, 0.05) is 80.1 Å². The summed E-state index contributed by atoms with van der Waals surface area (Å²) >= 11 is 0. The maximum Gasteiger partial charge on any atom is 0.248 e. The number of anilines is 2. The van der Waals surface area contributed by atoms with Crippen LogP contribution in [-0.4, -0.2) is 96.2 Å². The summed E-state index contributed by atoms with van der Waals surface area (Å²) in [7, 11) is 0. The average Bonchev–Trinajstić information content (AvgIpc) is 3.91. The summed E-state index contributed by atoms with van der Waals surface area (Å²) in [5, 5.41) is 7.66. The van der Waals surface area contributed by atoms with Crippen LogP contribution in [0.1, 0.15) is 48.1 Å². The van der Waals surface area contributed by atoms with Crippen LogP contribution in [0.4, 0.5) is 11.7 Å². The number of aryl methyl sites for hydroxylation is 1. The first-order chi connectivity index (χ1) is 28.9. The molecule has 1 aliphatic carbocycles. The topological polar surface area (TPSA) is 152 Å². The third-order valence-electron chi connectivity index (χ3n) is 10.3. The Morgan fingerprint density at radius 3 is 2.69 bits per heavy atom. The highest BCUT2D eigenvalue weighted by Crippen LogP contribution is 2.30. The molecule has 5 aromatic rings. The van der Waals surface area contributed by atoms with E-state index in [0.29, 0.717) is 76.4 Å². The van der Waals surface area contributed by atoms with Crippen molar-refractivity contribution in [1.82, 2.24) is 25.2 Å². The van der Waals surface area contributed by atoms with Crippen molar-refractivity contribution in [2.45, 2.75) is 51.0 Å². The van der Waals surface area contributed by atoms with Gasteiger partial charge in [0.25, 0.3) is 0 Å². The van der Waals surface area contributed by atoms with E-state index >= 15 is 0 Å². The lowest BCUT2D eigenvalue weighted by atomic mass is 10.1. The van der Waals surface area contributed by atoms with E-state index in [0.717, 1.165) is 60.0 Å². The zero-order valence-corrected chi connectivity index (χ0v) is 33.2. The van der Waals surface area contributed by atoms with E-state index in [4.69, 9.17) is 23.9 Å². The van der Waals surface area contributed by atoms with Gasteiger partial charge in [-0.05, 0) is 91.8 Å². The number of pyridine rings is 1. The fourth-order valence-electron chi connectivity index (χ4n) is 7.21. The van der Waals surface area contributed by atoms with Gasteiger partial charge in [0.2, 0.25) is 23.6 Å². The van der Waals surface area contributed by atoms with Gasteiger partial charge in [-0.1, -0.05) is 36.6 Å². The molecule has 2 aromatic carbocycles. The number of hydrogen-bond acceptors (Lipinski definition) is 10. The Morgan fingerprint density at radius 1 is 0.949 bits per heavy atom. The van der Waals surface area contributed by atoms with Crippen molar-refractivity contribution >= 4 is 40.3 Å². The zero-order valence-electron chi connectivity index (χ0n) is 33.2. The van der Waals surface area contributed by atoms with Gasteiger partial charge < -0.3 is 29.4 Å². The lowest BCUT2D eigenvalue weighted by Crippen LogP contribution is -2.52. The molecule has 0 bridgehead atoms. The second-order valence-electron chi connectivity index (χ2n) is 14.5. The number of rotatable bonds is 18. The van der Waals surface area contributed by atoms with Crippen LogP contribution in [0.3, 0.4) is 0 Å². The van der Waals surface area contributed by atoms with E-state index in [2.05, 4.69) is 58.3 Å². The van der Waals surface area contributed by atoms with Gasteiger partial charge >= 0.3 is 0 Å². The van der Waals surface area contributed by atoms with E-state index < -0.39 is 0 Å². The number of fused-ring (bicyclic) bond motifs is 2. The van der Waals surface area contributed by atoms with Crippen molar-refractivity contribution in [1.29, 1.82) is 0 Å². The standard InChI is InChI=1S/C46H49N7O6/c1-2-42(55)52-22-23-53(43(56)32-52)44-19-17-38(59-44)16-18-41(54)48-21-6-3-7-24-57-26-27-58-25-9-10-33-14-15-34-29-37(30-36(34)28-33)49-46-39-12-4-5-13-40(39)50-45(51-46)35-11-8-20-47-31-35/h2,4-5,8,11-15,17,19-20,28,31,37H,1,3,6-7,16,18,21-27,29-30,32H2,(H,48,54)(H,49,50,51). The fourth-order valence-corrected chi connectivity index (χ4v) is 7.21. The van der Waals surface area contributed by atoms with Gasteiger partial charge in [0.1, 0.15) is 24.7 Å². The summed E-state index contributed by atoms with van der Waals surface area (Å²) in [6.07, 6.45) is 9.97. The quantitative estimate of drug-likeness (QED) is 0.0659. The largest absolute Gasteiger partial charge is 0.445 e. The van der Waals surface area contributed by atoms with Crippen LogP contribution in [0, 0.1) is 11.8 Å². The Kier molecular flexibility index (Phi) is 14.1. The predicted octanol–water partition coefficient (Wildman–Crippen LogP) is 5.53. The molecule has 7 rings (SSSR count). The smallest absolute Gasteiger partial charge is 0.248 e. The number of carbonyl (C=O) groups is 3. The molecule has 4 heterocycles. The molecule has 1 unspecified atom stereocenters. The van der Waals surface area contributed by atoms with E-state index in [1.807, 2.05) is 30.3 Å². The number of amides is 3. The number of nitrogens with zero attached hydrogens (tertiary/aromatic N) is 5. The third kappa shape index (κ3) is 11.2. The van der Waals surface area contributed by atoms with Gasteiger partial charge in [-0.25, -0.2) is 9.97 Å². The predicted molar refractivity (Wildman–Crippen MR) is 226 cm³/mol. The van der Waals surface area contributed by atoms with E-state index in [9.17, 15) is 14.4 Å². The molecule has 59 heavy (non-hydrogen) atoms. The lowest BCUT2D eigenvalue weighted by Gasteiger charge is -2.32. The molecule has 304 valence electrons. The number of para-hydroxylation sites is 1. The van der Waals surface area contributed by atoms with Crippen LogP contribution >= 0.6 is 0 Å². The average molecular weight is 796 g/mol. The first-order valence-corrected chi connectivity index (χ1v) is 20.2. The number of unbranched alkanes of at least 4 members (excludes halogenated alkanes) is 2. The Balaban J connectivity index is 0.724. The summed E-state index contributed by atoms with van der Waals surface area (Å²) in [6.45, 7) is 6.76.